The minimum Gasteiger partial charge on any atom is -0.497 e. The van der Waals surface area contributed by atoms with Crippen molar-refractivity contribution in [2.24, 2.45) is 0 Å². The standard InChI is InChI=1S/C17H19N3O3/c1-10(11-5-7-13(23-2)8-6-11)18-17(22)14-9-15(21)20-16(19-14)12-3-4-12/h5-10,12H,3-4H2,1-2H3,(H,18,22)(H,19,20,21)/t10-/m1/s1. The Bertz CT molecular complexity index is 763. The van der Waals surface area contributed by atoms with Crippen molar-refractivity contribution >= 4 is 5.91 Å². The highest BCUT2D eigenvalue weighted by Gasteiger charge is 2.27. The number of H-pyrrole nitrogens is 1. The Hall–Kier alpha value is -2.63. The summed E-state index contributed by atoms with van der Waals surface area (Å²) >= 11 is 0. The maximum atomic E-state index is 12.3. The second kappa shape index (κ2) is 6.24. The van der Waals surface area contributed by atoms with Crippen molar-refractivity contribution < 1.29 is 9.53 Å². The van der Waals surface area contributed by atoms with Crippen LogP contribution in [0.2, 0.25) is 0 Å². The number of benzene rings is 1. The zero-order chi connectivity index (χ0) is 16.4. The third kappa shape index (κ3) is 3.59. The van der Waals surface area contributed by atoms with Crippen molar-refractivity contribution in [3.63, 3.8) is 0 Å². The van der Waals surface area contributed by atoms with E-state index >= 15 is 0 Å². The highest BCUT2D eigenvalue weighted by Crippen LogP contribution is 2.37. The summed E-state index contributed by atoms with van der Waals surface area (Å²) in [6.07, 6.45) is 2.02. The molecule has 0 bridgehead atoms. The fourth-order valence-corrected chi connectivity index (χ4v) is 2.39. The van der Waals surface area contributed by atoms with Crippen LogP contribution in [0.25, 0.3) is 0 Å². The van der Waals surface area contributed by atoms with Crippen LogP contribution in [0.15, 0.2) is 35.1 Å². The number of nitrogens with zero attached hydrogens (tertiary/aromatic N) is 1. The summed E-state index contributed by atoms with van der Waals surface area (Å²) in [4.78, 5) is 31.0. The first-order valence-corrected chi connectivity index (χ1v) is 7.63. The highest BCUT2D eigenvalue weighted by molar-refractivity contribution is 5.92. The van der Waals surface area contributed by atoms with Crippen LogP contribution >= 0.6 is 0 Å². The molecule has 1 aliphatic rings. The molecule has 0 spiro atoms. The number of methoxy groups -OCH3 is 1. The molecule has 1 saturated carbocycles. The van der Waals surface area contributed by atoms with Gasteiger partial charge in [0.05, 0.1) is 13.2 Å². The van der Waals surface area contributed by atoms with E-state index in [0.717, 1.165) is 24.2 Å². The third-order valence-corrected chi connectivity index (χ3v) is 3.92. The maximum Gasteiger partial charge on any atom is 0.270 e. The number of carbonyl (C=O) groups is 1. The Balaban J connectivity index is 1.74. The van der Waals surface area contributed by atoms with E-state index in [0.29, 0.717) is 5.82 Å². The fraction of sp³-hybridized carbons (Fsp3) is 0.353. The molecular weight excluding hydrogens is 294 g/mol. The van der Waals surface area contributed by atoms with Crippen LogP contribution in [0, 0.1) is 0 Å². The summed E-state index contributed by atoms with van der Waals surface area (Å²) < 4.78 is 5.12. The van der Waals surface area contributed by atoms with Crippen molar-refractivity contribution in [1.29, 1.82) is 0 Å². The van der Waals surface area contributed by atoms with Crippen molar-refractivity contribution in [2.45, 2.75) is 31.7 Å². The van der Waals surface area contributed by atoms with Gasteiger partial charge in [0.15, 0.2) is 0 Å². The van der Waals surface area contributed by atoms with E-state index in [9.17, 15) is 9.59 Å². The number of nitrogens with one attached hydrogen (secondary N) is 2. The minimum absolute atomic E-state index is 0.163. The van der Waals surface area contributed by atoms with E-state index < -0.39 is 0 Å². The van der Waals surface area contributed by atoms with Gasteiger partial charge in [-0.1, -0.05) is 12.1 Å². The van der Waals surface area contributed by atoms with Crippen molar-refractivity contribution in [3.8, 4) is 5.75 Å². The summed E-state index contributed by atoms with van der Waals surface area (Å²) in [5.41, 5.74) is 0.826. The van der Waals surface area contributed by atoms with Crippen molar-refractivity contribution in [1.82, 2.24) is 15.3 Å². The predicted octanol–water partition coefficient (Wildman–Crippen LogP) is 2.15. The molecule has 1 fully saturated rings. The van der Waals surface area contributed by atoms with E-state index in [4.69, 9.17) is 4.74 Å². The van der Waals surface area contributed by atoms with Crippen LogP contribution in [-0.2, 0) is 0 Å². The molecular formula is C17H19N3O3. The van der Waals surface area contributed by atoms with E-state index in [1.165, 1.54) is 6.07 Å². The lowest BCUT2D eigenvalue weighted by Gasteiger charge is -2.14. The Labute approximate surface area is 133 Å². The smallest absolute Gasteiger partial charge is 0.270 e. The number of hydrogen-bond acceptors (Lipinski definition) is 4. The van der Waals surface area contributed by atoms with Crippen LogP contribution in [0.4, 0.5) is 0 Å². The first-order valence-electron chi connectivity index (χ1n) is 7.63. The largest absolute Gasteiger partial charge is 0.497 e. The Morgan fingerprint density at radius 1 is 1.35 bits per heavy atom. The molecule has 1 aromatic carbocycles. The molecule has 1 amide bonds. The summed E-state index contributed by atoms with van der Waals surface area (Å²) in [5.74, 6) is 1.31. The summed E-state index contributed by atoms with van der Waals surface area (Å²) in [5, 5.41) is 2.87. The number of carbonyl (C=O) groups excluding carboxylic acids is 1. The third-order valence-electron chi connectivity index (χ3n) is 3.92. The molecule has 1 aliphatic carbocycles. The zero-order valence-electron chi connectivity index (χ0n) is 13.1. The van der Waals surface area contributed by atoms with E-state index in [2.05, 4.69) is 15.3 Å². The molecule has 1 atom stereocenters. The van der Waals surface area contributed by atoms with Gasteiger partial charge in [0, 0.05) is 12.0 Å². The molecule has 1 heterocycles. The fourth-order valence-electron chi connectivity index (χ4n) is 2.39. The molecule has 0 saturated heterocycles. The Morgan fingerprint density at radius 3 is 2.65 bits per heavy atom. The van der Waals surface area contributed by atoms with E-state index in [1.807, 2.05) is 31.2 Å². The van der Waals surface area contributed by atoms with Gasteiger partial charge < -0.3 is 15.0 Å². The van der Waals surface area contributed by atoms with Gasteiger partial charge in [-0.25, -0.2) is 4.98 Å². The number of aromatic amines is 1. The van der Waals surface area contributed by atoms with Gasteiger partial charge in [-0.3, -0.25) is 9.59 Å². The number of aromatic nitrogens is 2. The quantitative estimate of drug-likeness (QED) is 0.886. The first kappa shape index (κ1) is 15.3. The molecule has 1 aromatic heterocycles. The number of hydrogen-bond donors (Lipinski definition) is 2. The summed E-state index contributed by atoms with van der Waals surface area (Å²) in [6, 6.07) is 8.51. The van der Waals surface area contributed by atoms with Crippen LogP contribution in [0.5, 0.6) is 5.75 Å². The number of rotatable bonds is 5. The van der Waals surface area contributed by atoms with Crippen molar-refractivity contribution in [2.75, 3.05) is 7.11 Å². The maximum absolute atomic E-state index is 12.3. The molecule has 6 heteroatoms. The highest BCUT2D eigenvalue weighted by atomic mass is 16.5. The molecule has 0 radical (unpaired) electrons. The number of ether oxygens (including phenoxy) is 1. The predicted molar refractivity (Wildman–Crippen MR) is 85.7 cm³/mol. The molecule has 6 nitrogen and oxygen atoms in total. The van der Waals surface area contributed by atoms with Crippen molar-refractivity contribution in [3.05, 3.63) is 57.8 Å². The molecule has 2 aromatic rings. The lowest BCUT2D eigenvalue weighted by molar-refractivity contribution is 0.0934. The van der Waals surface area contributed by atoms with E-state index in [1.54, 1.807) is 7.11 Å². The van der Waals surface area contributed by atoms with Gasteiger partial charge >= 0.3 is 0 Å². The normalized spacial score (nSPS) is 15.0. The monoisotopic (exact) mass is 313 g/mol. The van der Waals surface area contributed by atoms with Gasteiger partial charge in [-0.05, 0) is 37.5 Å². The van der Waals surface area contributed by atoms with E-state index in [-0.39, 0.29) is 29.1 Å². The second-order valence-corrected chi connectivity index (χ2v) is 5.76. The molecule has 0 aliphatic heterocycles. The molecule has 3 rings (SSSR count). The molecule has 0 unspecified atom stereocenters. The lowest BCUT2D eigenvalue weighted by Crippen LogP contribution is -2.29. The van der Waals surface area contributed by atoms with Crippen LogP contribution in [-0.4, -0.2) is 23.0 Å². The molecule has 2 N–H and O–H groups in total. The SMILES string of the molecule is COc1ccc([C@@H](C)NC(=O)c2cc(=O)[nH]c(C3CC3)n2)cc1. The van der Waals surface area contributed by atoms with Gasteiger partial charge in [-0.2, -0.15) is 0 Å². The minimum atomic E-state index is -0.346. The molecule has 23 heavy (non-hydrogen) atoms. The van der Waals surface area contributed by atoms with Gasteiger partial charge in [0.1, 0.15) is 17.3 Å². The number of amides is 1. The zero-order valence-corrected chi connectivity index (χ0v) is 13.1. The van der Waals surface area contributed by atoms with Crippen LogP contribution < -0.4 is 15.6 Å². The first-order chi connectivity index (χ1) is 11.1. The second-order valence-electron chi connectivity index (χ2n) is 5.76. The molecule has 120 valence electrons. The summed E-state index contributed by atoms with van der Waals surface area (Å²) in [6.45, 7) is 1.88. The average molecular weight is 313 g/mol. The average Bonchev–Trinajstić information content (AvgIpc) is 3.39. The lowest BCUT2D eigenvalue weighted by atomic mass is 10.1. The van der Waals surface area contributed by atoms with Gasteiger partial charge in [0.2, 0.25) is 0 Å². The topological polar surface area (TPSA) is 84.1 Å². The van der Waals surface area contributed by atoms with Gasteiger partial charge in [0.25, 0.3) is 11.5 Å². The summed E-state index contributed by atoms with van der Waals surface area (Å²) in [7, 11) is 1.61. The Morgan fingerprint density at radius 2 is 2.04 bits per heavy atom. The van der Waals surface area contributed by atoms with Gasteiger partial charge in [-0.15, -0.1) is 0 Å². The van der Waals surface area contributed by atoms with Crippen LogP contribution in [0.1, 0.15) is 53.6 Å². The Kier molecular flexibility index (Phi) is 4.14. The van der Waals surface area contributed by atoms with Crippen LogP contribution in [0.3, 0.4) is 0 Å².